The summed E-state index contributed by atoms with van der Waals surface area (Å²) in [7, 11) is 0. The fourth-order valence-corrected chi connectivity index (χ4v) is 1.32. The first kappa shape index (κ1) is 9.39. The second-order valence-electron chi connectivity index (χ2n) is 3.12. The number of H-pyrrole nitrogens is 1. The molecule has 0 saturated carbocycles. The van der Waals surface area contributed by atoms with E-state index in [0.717, 1.165) is 5.56 Å². The molecule has 0 fully saturated rings. The number of aromatic nitrogens is 3. The number of nitrogen functional groups attached to an aromatic ring is 1. The molecule has 0 spiro atoms. The summed E-state index contributed by atoms with van der Waals surface area (Å²) >= 11 is 0. The largest absolute Gasteiger partial charge is 0.368 e. The Morgan fingerprint density at radius 1 is 1.20 bits per heavy atom. The second-order valence-corrected chi connectivity index (χ2v) is 3.12. The zero-order valence-electron chi connectivity index (χ0n) is 7.97. The van der Waals surface area contributed by atoms with Crippen LogP contribution < -0.4 is 11.4 Å². The van der Waals surface area contributed by atoms with Gasteiger partial charge in [-0.15, -0.1) is 0 Å². The van der Waals surface area contributed by atoms with E-state index in [2.05, 4.69) is 15.0 Å². The van der Waals surface area contributed by atoms with Gasteiger partial charge < -0.3 is 5.73 Å². The van der Waals surface area contributed by atoms with Gasteiger partial charge in [0.15, 0.2) is 0 Å². The molecule has 5 heteroatoms. The standard InChI is InChI=1S/C10H10N4O/c11-9-12-8(13-10(15)14-9)6-7-4-2-1-3-5-7/h1-5H,6H2,(H3,11,12,13,14,15). The molecule has 0 atom stereocenters. The van der Waals surface area contributed by atoms with Crippen LogP contribution in [0.15, 0.2) is 35.1 Å². The van der Waals surface area contributed by atoms with E-state index in [4.69, 9.17) is 5.73 Å². The number of aromatic amines is 1. The first-order valence-electron chi connectivity index (χ1n) is 4.51. The van der Waals surface area contributed by atoms with Crippen LogP contribution >= 0.6 is 0 Å². The molecule has 0 aliphatic heterocycles. The van der Waals surface area contributed by atoms with Crippen molar-refractivity contribution in [2.24, 2.45) is 0 Å². The highest BCUT2D eigenvalue weighted by Gasteiger charge is 2.00. The first-order valence-corrected chi connectivity index (χ1v) is 4.51. The van der Waals surface area contributed by atoms with Crippen LogP contribution in [0, 0.1) is 0 Å². The first-order chi connectivity index (χ1) is 7.24. The van der Waals surface area contributed by atoms with Crippen LogP contribution in [0.5, 0.6) is 0 Å². The van der Waals surface area contributed by atoms with Crippen LogP contribution in [0.4, 0.5) is 5.95 Å². The highest BCUT2D eigenvalue weighted by Crippen LogP contribution is 2.03. The summed E-state index contributed by atoms with van der Waals surface area (Å²) in [5.74, 6) is 0.531. The maximum Gasteiger partial charge on any atom is 0.349 e. The van der Waals surface area contributed by atoms with Crippen LogP contribution in [0.3, 0.4) is 0 Å². The van der Waals surface area contributed by atoms with Gasteiger partial charge in [-0.1, -0.05) is 30.3 Å². The number of hydrogen-bond acceptors (Lipinski definition) is 4. The molecule has 0 bridgehead atoms. The lowest BCUT2D eigenvalue weighted by molar-refractivity contribution is 0.894. The zero-order valence-corrected chi connectivity index (χ0v) is 7.97. The molecule has 0 aliphatic rings. The van der Waals surface area contributed by atoms with Gasteiger partial charge in [0.05, 0.1) is 0 Å². The monoisotopic (exact) mass is 202 g/mol. The van der Waals surface area contributed by atoms with Crippen molar-refractivity contribution in [3.8, 4) is 0 Å². The number of nitrogens with two attached hydrogens (primary N) is 1. The molecule has 76 valence electrons. The molecule has 2 rings (SSSR count). The van der Waals surface area contributed by atoms with Gasteiger partial charge in [0.25, 0.3) is 0 Å². The Kier molecular flexibility index (Phi) is 2.45. The van der Waals surface area contributed by atoms with Gasteiger partial charge in [-0.3, -0.25) is 4.98 Å². The van der Waals surface area contributed by atoms with Crippen molar-refractivity contribution >= 4 is 5.95 Å². The summed E-state index contributed by atoms with van der Waals surface area (Å²) in [5, 5.41) is 0. The van der Waals surface area contributed by atoms with Crippen molar-refractivity contribution in [1.82, 2.24) is 15.0 Å². The van der Waals surface area contributed by atoms with Crippen molar-refractivity contribution in [2.45, 2.75) is 6.42 Å². The Labute approximate surface area is 86.0 Å². The van der Waals surface area contributed by atoms with Gasteiger partial charge in [0, 0.05) is 6.42 Å². The van der Waals surface area contributed by atoms with Crippen molar-refractivity contribution in [1.29, 1.82) is 0 Å². The summed E-state index contributed by atoms with van der Waals surface area (Å²) in [6, 6.07) is 9.70. The van der Waals surface area contributed by atoms with Gasteiger partial charge >= 0.3 is 5.69 Å². The Hall–Kier alpha value is -2.17. The summed E-state index contributed by atoms with van der Waals surface area (Å²) in [5.41, 5.74) is 5.97. The molecule has 2 aromatic rings. The molecule has 0 aliphatic carbocycles. The molecule has 3 N–H and O–H groups in total. The molecule has 1 heterocycles. The third-order valence-corrected chi connectivity index (χ3v) is 1.93. The van der Waals surface area contributed by atoms with E-state index in [-0.39, 0.29) is 5.95 Å². The quantitative estimate of drug-likeness (QED) is 0.735. The topological polar surface area (TPSA) is 84.7 Å². The number of nitrogens with zero attached hydrogens (tertiary/aromatic N) is 2. The lowest BCUT2D eigenvalue weighted by atomic mass is 10.1. The third kappa shape index (κ3) is 2.40. The Balaban J connectivity index is 2.29. The van der Waals surface area contributed by atoms with Gasteiger partial charge in [-0.2, -0.15) is 9.97 Å². The minimum atomic E-state index is -0.464. The maximum atomic E-state index is 11.0. The van der Waals surface area contributed by atoms with Crippen molar-refractivity contribution in [2.75, 3.05) is 5.73 Å². The molecule has 15 heavy (non-hydrogen) atoms. The SMILES string of the molecule is Nc1nc(Cc2ccccc2)[nH]c(=O)n1. The minimum absolute atomic E-state index is 0.00433. The van der Waals surface area contributed by atoms with E-state index in [1.165, 1.54) is 0 Å². The van der Waals surface area contributed by atoms with Crippen LogP contribution in [0.25, 0.3) is 0 Å². The summed E-state index contributed by atoms with van der Waals surface area (Å²) in [6.07, 6.45) is 0.544. The van der Waals surface area contributed by atoms with E-state index in [9.17, 15) is 4.79 Å². The molecular formula is C10H10N4O. The smallest absolute Gasteiger partial charge is 0.349 e. The summed E-state index contributed by atoms with van der Waals surface area (Å²) in [4.78, 5) is 20.9. The minimum Gasteiger partial charge on any atom is -0.368 e. The third-order valence-electron chi connectivity index (χ3n) is 1.93. The number of nitrogens with one attached hydrogen (secondary N) is 1. The molecule has 5 nitrogen and oxygen atoms in total. The highest BCUT2D eigenvalue weighted by molar-refractivity contribution is 5.20. The lowest BCUT2D eigenvalue weighted by Crippen LogP contribution is -2.17. The van der Waals surface area contributed by atoms with Gasteiger partial charge in [-0.05, 0) is 5.56 Å². The summed E-state index contributed by atoms with van der Waals surface area (Å²) < 4.78 is 0. The molecule has 1 aromatic heterocycles. The van der Waals surface area contributed by atoms with Gasteiger partial charge in [0.2, 0.25) is 5.95 Å². The Bertz CT molecular complexity index is 506. The molecule has 0 amide bonds. The lowest BCUT2D eigenvalue weighted by Gasteiger charge is -2.00. The van der Waals surface area contributed by atoms with E-state index in [1.807, 2.05) is 30.3 Å². The van der Waals surface area contributed by atoms with Crippen molar-refractivity contribution in [3.05, 3.63) is 52.2 Å². The fourth-order valence-electron chi connectivity index (χ4n) is 1.32. The van der Waals surface area contributed by atoms with Crippen molar-refractivity contribution < 1.29 is 0 Å². The van der Waals surface area contributed by atoms with Crippen LogP contribution in [-0.2, 0) is 6.42 Å². The average molecular weight is 202 g/mol. The van der Waals surface area contributed by atoms with Crippen molar-refractivity contribution in [3.63, 3.8) is 0 Å². The van der Waals surface area contributed by atoms with Gasteiger partial charge in [-0.25, -0.2) is 4.79 Å². The predicted molar refractivity (Wildman–Crippen MR) is 56.3 cm³/mol. The molecular weight excluding hydrogens is 192 g/mol. The van der Waals surface area contributed by atoms with Gasteiger partial charge in [0.1, 0.15) is 5.82 Å². The molecule has 0 unspecified atom stereocenters. The molecule has 0 saturated heterocycles. The Morgan fingerprint density at radius 2 is 1.93 bits per heavy atom. The highest BCUT2D eigenvalue weighted by atomic mass is 16.1. The second kappa shape index (κ2) is 3.91. The average Bonchev–Trinajstić information content (AvgIpc) is 2.17. The van der Waals surface area contributed by atoms with E-state index in [1.54, 1.807) is 0 Å². The number of hydrogen-bond donors (Lipinski definition) is 2. The summed E-state index contributed by atoms with van der Waals surface area (Å²) in [6.45, 7) is 0. The van der Waals surface area contributed by atoms with Crippen LogP contribution in [-0.4, -0.2) is 15.0 Å². The zero-order chi connectivity index (χ0) is 10.7. The number of anilines is 1. The van der Waals surface area contributed by atoms with E-state index < -0.39 is 5.69 Å². The number of benzene rings is 1. The maximum absolute atomic E-state index is 11.0. The fraction of sp³-hybridized carbons (Fsp3) is 0.100. The predicted octanol–water partition coefficient (Wildman–Crippen LogP) is 0.338. The van der Waals surface area contributed by atoms with Crippen LogP contribution in [0.2, 0.25) is 0 Å². The number of rotatable bonds is 2. The molecule has 1 aromatic carbocycles. The van der Waals surface area contributed by atoms with E-state index in [0.29, 0.717) is 12.2 Å². The Morgan fingerprint density at radius 3 is 2.60 bits per heavy atom. The van der Waals surface area contributed by atoms with E-state index >= 15 is 0 Å². The van der Waals surface area contributed by atoms with Crippen LogP contribution in [0.1, 0.15) is 11.4 Å². The normalized spacial score (nSPS) is 10.1. The molecule has 0 radical (unpaired) electrons.